The molecule has 0 fully saturated rings. The average molecular weight is 441 g/mol. The molecule has 166 valence electrons. The van der Waals surface area contributed by atoms with E-state index in [-0.39, 0.29) is 0 Å². The third kappa shape index (κ3) is 4.23. The third-order valence-electron chi connectivity index (χ3n) is 5.83. The van der Waals surface area contributed by atoms with Crippen LogP contribution in [0.4, 0.5) is 5.82 Å². The van der Waals surface area contributed by atoms with E-state index in [1.807, 2.05) is 84.6 Å². The van der Waals surface area contributed by atoms with Gasteiger partial charge in [-0.15, -0.1) is 0 Å². The standard InChI is InChI=1S/C26H24N4O3/c1-17-18(2)30(14-19-9-5-4-6-10-19)25(21(17)13-27)28-24(31)16-33-26(32)22-15-29(3)23-12-8-7-11-20(22)23/h4-12,15H,14,16H2,1-3H3,(H,28,31). The lowest BCUT2D eigenvalue weighted by Crippen LogP contribution is -2.23. The molecular formula is C26H24N4O3. The summed E-state index contributed by atoms with van der Waals surface area (Å²) >= 11 is 0. The highest BCUT2D eigenvalue weighted by molar-refractivity contribution is 6.05. The van der Waals surface area contributed by atoms with Crippen LogP contribution in [-0.2, 0) is 23.1 Å². The molecule has 7 nitrogen and oxygen atoms in total. The maximum atomic E-state index is 12.7. The number of hydrogen-bond acceptors (Lipinski definition) is 4. The number of benzene rings is 2. The third-order valence-corrected chi connectivity index (χ3v) is 5.83. The number of carbonyl (C=O) groups is 2. The molecule has 2 aromatic carbocycles. The summed E-state index contributed by atoms with van der Waals surface area (Å²) in [7, 11) is 1.85. The van der Waals surface area contributed by atoms with E-state index in [4.69, 9.17) is 4.74 Å². The second kappa shape index (κ2) is 9.05. The minimum absolute atomic E-state index is 0.400. The number of anilines is 1. The van der Waals surface area contributed by atoms with Gasteiger partial charge in [-0.05, 0) is 31.0 Å². The molecule has 0 aliphatic heterocycles. The van der Waals surface area contributed by atoms with Gasteiger partial charge in [-0.2, -0.15) is 5.26 Å². The Kier molecular flexibility index (Phi) is 6.01. The summed E-state index contributed by atoms with van der Waals surface area (Å²) in [6, 6.07) is 19.5. The Morgan fingerprint density at radius 3 is 2.48 bits per heavy atom. The summed E-state index contributed by atoms with van der Waals surface area (Å²) in [4.78, 5) is 25.3. The fourth-order valence-corrected chi connectivity index (χ4v) is 3.98. The Morgan fingerprint density at radius 2 is 1.76 bits per heavy atom. The molecule has 7 heteroatoms. The van der Waals surface area contributed by atoms with Gasteiger partial charge < -0.3 is 19.2 Å². The van der Waals surface area contributed by atoms with Crippen LogP contribution in [0, 0.1) is 25.2 Å². The molecule has 4 rings (SSSR count). The smallest absolute Gasteiger partial charge is 0.340 e. The minimum Gasteiger partial charge on any atom is -0.452 e. The Morgan fingerprint density at radius 1 is 1.06 bits per heavy atom. The van der Waals surface area contributed by atoms with Crippen LogP contribution >= 0.6 is 0 Å². The van der Waals surface area contributed by atoms with Gasteiger partial charge in [0.15, 0.2) is 6.61 Å². The molecule has 0 radical (unpaired) electrons. The van der Waals surface area contributed by atoms with Crippen LogP contribution in [0.25, 0.3) is 10.9 Å². The summed E-state index contributed by atoms with van der Waals surface area (Å²) in [5.41, 5.74) is 4.43. The van der Waals surface area contributed by atoms with Gasteiger partial charge in [0.25, 0.3) is 5.91 Å². The van der Waals surface area contributed by atoms with Gasteiger partial charge in [0.05, 0.1) is 11.1 Å². The second-order valence-electron chi connectivity index (χ2n) is 7.91. The van der Waals surface area contributed by atoms with E-state index in [2.05, 4.69) is 11.4 Å². The van der Waals surface area contributed by atoms with E-state index in [0.29, 0.717) is 23.5 Å². The quantitative estimate of drug-likeness (QED) is 0.453. The van der Waals surface area contributed by atoms with E-state index >= 15 is 0 Å². The number of rotatable bonds is 6. The van der Waals surface area contributed by atoms with E-state index in [1.54, 1.807) is 6.20 Å². The number of nitrogens with zero attached hydrogens (tertiary/aromatic N) is 3. The zero-order valence-corrected chi connectivity index (χ0v) is 18.8. The zero-order valence-electron chi connectivity index (χ0n) is 18.8. The predicted octanol–water partition coefficient (Wildman–Crippen LogP) is 4.31. The number of nitriles is 1. The number of esters is 1. The van der Waals surface area contributed by atoms with Crippen LogP contribution in [0.5, 0.6) is 0 Å². The van der Waals surface area contributed by atoms with E-state index in [1.165, 1.54) is 0 Å². The molecule has 4 aromatic rings. The van der Waals surface area contributed by atoms with Crippen molar-refractivity contribution in [3.63, 3.8) is 0 Å². The first-order chi connectivity index (χ1) is 15.9. The number of nitrogens with one attached hydrogen (secondary N) is 1. The molecular weight excluding hydrogens is 416 g/mol. The molecule has 0 aliphatic rings. The number of fused-ring (bicyclic) bond motifs is 1. The summed E-state index contributed by atoms with van der Waals surface area (Å²) in [6.45, 7) is 3.81. The first kappa shape index (κ1) is 21.9. The highest BCUT2D eigenvalue weighted by Crippen LogP contribution is 2.27. The largest absolute Gasteiger partial charge is 0.452 e. The van der Waals surface area contributed by atoms with Crippen molar-refractivity contribution >= 4 is 28.6 Å². The van der Waals surface area contributed by atoms with E-state index in [0.717, 1.165) is 27.7 Å². The molecule has 0 atom stereocenters. The highest BCUT2D eigenvalue weighted by atomic mass is 16.5. The van der Waals surface area contributed by atoms with Gasteiger partial charge in [-0.1, -0.05) is 48.5 Å². The van der Waals surface area contributed by atoms with Crippen LogP contribution in [-0.4, -0.2) is 27.6 Å². The van der Waals surface area contributed by atoms with Crippen molar-refractivity contribution in [3.8, 4) is 6.07 Å². The van der Waals surface area contributed by atoms with Gasteiger partial charge >= 0.3 is 5.97 Å². The number of amides is 1. The molecule has 0 unspecified atom stereocenters. The molecule has 0 saturated carbocycles. The van der Waals surface area contributed by atoms with Crippen molar-refractivity contribution in [2.24, 2.45) is 7.05 Å². The van der Waals surface area contributed by atoms with Gasteiger partial charge in [0.1, 0.15) is 11.9 Å². The normalized spacial score (nSPS) is 10.7. The Hall–Kier alpha value is -4.31. The number of hydrogen-bond donors (Lipinski definition) is 1. The molecule has 2 heterocycles. The van der Waals surface area contributed by atoms with Crippen molar-refractivity contribution in [1.82, 2.24) is 9.13 Å². The van der Waals surface area contributed by atoms with Gasteiger partial charge in [0.2, 0.25) is 0 Å². The van der Waals surface area contributed by atoms with Gasteiger partial charge in [-0.3, -0.25) is 4.79 Å². The van der Waals surface area contributed by atoms with Crippen LogP contribution < -0.4 is 5.32 Å². The van der Waals surface area contributed by atoms with Crippen molar-refractivity contribution < 1.29 is 14.3 Å². The summed E-state index contributed by atoms with van der Waals surface area (Å²) in [5, 5.41) is 13.2. The molecule has 0 aliphatic carbocycles. The molecule has 0 bridgehead atoms. The second-order valence-corrected chi connectivity index (χ2v) is 7.91. The Labute approximate surface area is 191 Å². The van der Waals surface area contributed by atoms with Crippen molar-refractivity contribution in [2.75, 3.05) is 11.9 Å². The van der Waals surface area contributed by atoms with Crippen LogP contribution in [0.3, 0.4) is 0 Å². The number of carbonyl (C=O) groups excluding carboxylic acids is 2. The van der Waals surface area contributed by atoms with Crippen molar-refractivity contribution in [1.29, 1.82) is 5.26 Å². The lowest BCUT2D eigenvalue weighted by atomic mass is 10.2. The monoisotopic (exact) mass is 440 g/mol. The average Bonchev–Trinajstić information content (AvgIpc) is 3.27. The maximum absolute atomic E-state index is 12.7. The van der Waals surface area contributed by atoms with Crippen LogP contribution in [0.1, 0.15) is 32.7 Å². The summed E-state index contributed by atoms with van der Waals surface area (Å²) < 4.78 is 9.03. The maximum Gasteiger partial charge on any atom is 0.340 e. The highest BCUT2D eigenvalue weighted by Gasteiger charge is 2.21. The molecule has 1 N–H and O–H groups in total. The lowest BCUT2D eigenvalue weighted by Gasteiger charge is -2.13. The van der Waals surface area contributed by atoms with Gasteiger partial charge in [-0.25, -0.2) is 4.79 Å². The fraction of sp³-hybridized carbons (Fsp3) is 0.192. The molecule has 0 spiro atoms. The predicted molar refractivity (Wildman–Crippen MR) is 126 cm³/mol. The molecule has 1 amide bonds. The van der Waals surface area contributed by atoms with Gasteiger partial charge in [0, 0.05) is 36.4 Å². The first-order valence-corrected chi connectivity index (χ1v) is 10.6. The van der Waals surface area contributed by atoms with E-state index < -0.39 is 18.5 Å². The van der Waals surface area contributed by atoms with Crippen LogP contribution in [0.15, 0.2) is 60.8 Å². The Bertz CT molecular complexity index is 1390. The number of aryl methyl sites for hydroxylation is 1. The number of ether oxygens (including phenoxy) is 1. The zero-order chi connectivity index (χ0) is 23.5. The molecule has 0 saturated heterocycles. The minimum atomic E-state index is -0.575. The topological polar surface area (TPSA) is 89.1 Å². The molecule has 2 aromatic heterocycles. The van der Waals surface area contributed by atoms with E-state index in [9.17, 15) is 14.9 Å². The number of para-hydroxylation sites is 1. The first-order valence-electron chi connectivity index (χ1n) is 10.6. The number of aromatic nitrogens is 2. The lowest BCUT2D eigenvalue weighted by molar-refractivity contribution is -0.119. The SMILES string of the molecule is Cc1c(C#N)c(NC(=O)COC(=O)c2cn(C)c3ccccc23)n(Cc2ccccc2)c1C. The van der Waals surface area contributed by atoms with Crippen molar-refractivity contribution in [2.45, 2.75) is 20.4 Å². The summed E-state index contributed by atoms with van der Waals surface area (Å²) in [6.07, 6.45) is 1.69. The van der Waals surface area contributed by atoms with Crippen molar-refractivity contribution in [3.05, 3.63) is 88.7 Å². The summed E-state index contributed by atoms with van der Waals surface area (Å²) in [5.74, 6) is -0.677. The fourth-order valence-electron chi connectivity index (χ4n) is 3.98. The van der Waals surface area contributed by atoms with Crippen LogP contribution in [0.2, 0.25) is 0 Å². The molecule has 33 heavy (non-hydrogen) atoms. The Balaban J connectivity index is 1.52.